The van der Waals surface area contributed by atoms with Crippen LogP contribution in [-0.2, 0) is 4.79 Å². The summed E-state index contributed by atoms with van der Waals surface area (Å²) in [6.07, 6.45) is 4.42. The Kier molecular flexibility index (Phi) is 6.30. The van der Waals surface area contributed by atoms with Gasteiger partial charge in [0.05, 0.1) is 12.7 Å². The first-order chi connectivity index (χ1) is 13.2. The highest BCUT2D eigenvalue weighted by Crippen LogP contribution is 2.23. The molecule has 2 aromatic rings. The fraction of sp³-hybridized carbons (Fsp3) is 0.333. The molecule has 6 heteroatoms. The van der Waals surface area contributed by atoms with Crippen LogP contribution < -0.4 is 19.7 Å². The fourth-order valence-corrected chi connectivity index (χ4v) is 3.13. The Bertz CT molecular complexity index is 783. The number of ether oxygens (including phenoxy) is 2. The Hall–Kier alpha value is -3.02. The van der Waals surface area contributed by atoms with Crippen LogP contribution in [0.2, 0.25) is 0 Å². The minimum atomic E-state index is -0.284. The number of hydrogen-bond acceptors (Lipinski definition) is 5. The number of anilines is 2. The standard InChI is InChI=1S/C21H24N2O4/c1-26-19-9-10-20(16(13-19)14-24)27-15-21(25)22-17-5-7-18(8-6-17)23-11-3-2-4-12-23/h5-10,13-14H,2-4,11-12,15H2,1H3,(H,22,25). The summed E-state index contributed by atoms with van der Waals surface area (Å²) in [6, 6.07) is 12.7. The molecule has 0 atom stereocenters. The van der Waals surface area contributed by atoms with Gasteiger partial charge >= 0.3 is 0 Å². The number of rotatable bonds is 7. The number of carbonyl (C=O) groups excluding carboxylic acids is 2. The quantitative estimate of drug-likeness (QED) is 0.758. The Morgan fingerprint density at radius 1 is 1.11 bits per heavy atom. The summed E-state index contributed by atoms with van der Waals surface area (Å²) in [7, 11) is 1.52. The Morgan fingerprint density at radius 2 is 1.85 bits per heavy atom. The van der Waals surface area contributed by atoms with Gasteiger partial charge < -0.3 is 19.7 Å². The monoisotopic (exact) mass is 368 g/mol. The molecule has 1 aliphatic heterocycles. The van der Waals surface area contributed by atoms with E-state index >= 15 is 0 Å². The van der Waals surface area contributed by atoms with E-state index in [-0.39, 0.29) is 12.5 Å². The minimum Gasteiger partial charge on any atom is -0.497 e. The van der Waals surface area contributed by atoms with Crippen LogP contribution in [0.3, 0.4) is 0 Å². The van der Waals surface area contributed by atoms with E-state index in [0.717, 1.165) is 18.8 Å². The van der Waals surface area contributed by atoms with Gasteiger partial charge in [0.1, 0.15) is 11.5 Å². The molecule has 1 heterocycles. The number of hydrogen-bond donors (Lipinski definition) is 1. The number of nitrogens with zero attached hydrogens (tertiary/aromatic N) is 1. The maximum atomic E-state index is 12.1. The number of carbonyl (C=O) groups is 2. The molecule has 1 amide bonds. The SMILES string of the molecule is COc1ccc(OCC(=O)Nc2ccc(N3CCCCC3)cc2)c(C=O)c1. The minimum absolute atomic E-state index is 0.180. The van der Waals surface area contributed by atoms with Crippen molar-refractivity contribution in [1.82, 2.24) is 0 Å². The lowest BCUT2D eigenvalue weighted by Crippen LogP contribution is -2.29. The largest absolute Gasteiger partial charge is 0.497 e. The van der Waals surface area contributed by atoms with Crippen LogP contribution in [0, 0.1) is 0 Å². The van der Waals surface area contributed by atoms with Gasteiger partial charge in [-0.1, -0.05) is 0 Å². The molecule has 1 N–H and O–H groups in total. The summed E-state index contributed by atoms with van der Waals surface area (Å²) >= 11 is 0. The summed E-state index contributed by atoms with van der Waals surface area (Å²) in [5.41, 5.74) is 2.24. The second-order valence-corrected chi connectivity index (χ2v) is 6.45. The van der Waals surface area contributed by atoms with Gasteiger partial charge in [0.15, 0.2) is 12.9 Å². The van der Waals surface area contributed by atoms with Crippen LogP contribution in [0.15, 0.2) is 42.5 Å². The van der Waals surface area contributed by atoms with E-state index in [1.165, 1.54) is 32.1 Å². The Morgan fingerprint density at radius 3 is 2.52 bits per heavy atom. The molecule has 0 aliphatic carbocycles. The van der Waals surface area contributed by atoms with Crippen molar-refractivity contribution in [3.63, 3.8) is 0 Å². The number of nitrogens with one attached hydrogen (secondary N) is 1. The Balaban J connectivity index is 1.54. The van der Waals surface area contributed by atoms with Gasteiger partial charge in [-0.25, -0.2) is 0 Å². The summed E-state index contributed by atoms with van der Waals surface area (Å²) in [5, 5.41) is 2.81. The highest BCUT2D eigenvalue weighted by Gasteiger charge is 2.12. The molecule has 1 saturated heterocycles. The highest BCUT2D eigenvalue weighted by atomic mass is 16.5. The molecule has 2 aromatic carbocycles. The average molecular weight is 368 g/mol. The number of aldehydes is 1. The third-order valence-electron chi connectivity index (χ3n) is 4.57. The van der Waals surface area contributed by atoms with E-state index in [2.05, 4.69) is 10.2 Å². The molecule has 0 spiro atoms. The van der Waals surface area contributed by atoms with Crippen LogP contribution in [0.1, 0.15) is 29.6 Å². The van der Waals surface area contributed by atoms with Gasteiger partial charge in [-0.15, -0.1) is 0 Å². The fourth-order valence-electron chi connectivity index (χ4n) is 3.13. The van der Waals surface area contributed by atoms with Crippen molar-refractivity contribution in [3.05, 3.63) is 48.0 Å². The van der Waals surface area contributed by atoms with E-state index in [1.807, 2.05) is 24.3 Å². The molecule has 0 unspecified atom stereocenters. The van der Waals surface area contributed by atoms with Gasteiger partial charge in [0.2, 0.25) is 0 Å². The van der Waals surface area contributed by atoms with Gasteiger partial charge in [-0.2, -0.15) is 0 Å². The highest BCUT2D eigenvalue weighted by molar-refractivity contribution is 5.92. The van der Waals surface area contributed by atoms with Crippen LogP contribution >= 0.6 is 0 Å². The van der Waals surface area contributed by atoms with E-state index in [4.69, 9.17) is 9.47 Å². The van der Waals surface area contributed by atoms with Crippen molar-refractivity contribution in [2.45, 2.75) is 19.3 Å². The lowest BCUT2D eigenvalue weighted by Gasteiger charge is -2.28. The molecule has 6 nitrogen and oxygen atoms in total. The van der Waals surface area contributed by atoms with Crippen LogP contribution in [0.4, 0.5) is 11.4 Å². The molecule has 0 radical (unpaired) electrons. The third kappa shape index (κ3) is 5.00. The predicted molar refractivity (Wildman–Crippen MR) is 105 cm³/mol. The molecule has 1 aliphatic rings. The van der Waals surface area contributed by atoms with Gasteiger partial charge in [0.25, 0.3) is 5.91 Å². The molecule has 0 saturated carbocycles. The van der Waals surface area contributed by atoms with Crippen molar-refractivity contribution in [1.29, 1.82) is 0 Å². The molecular weight excluding hydrogens is 344 g/mol. The van der Waals surface area contributed by atoms with Gasteiger partial charge in [0, 0.05) is 24.5 Å². The summed E-state index contributed by atoms with van der Waals surface area (Å²) in [5.74, 6) is 0.623. The van der Waals surface area contributed by atoms with Crippen LogP contribution in [-0.4, -0.2) is 39.0 Å². The lowest BCUT2D eigenvalue weighted by molar-refractivity contribution is -0.118. The number of amides is 1. The molecule has 0 aromatic heterocycles. The predicted octanol–water partition coefficient (Wildman–Crippen LogP) is 3.52. The zero-order valence-corrected chi connectivity index (χ0v) is 15.4. The number of piperidine rings is 1. The lowest BCUT2D eigenvalue weighted by atomic mass is 10.1. The summed E-state index contributed by atoms with van der Waals surface area (Å²) in [4.78, 5) is 25.7. The van der Waals surface area contributed by atoms with Crippen molar-refractivity contribution < 1.29 is 19.1 Å². The first-order valence-corrected chi connectivity index (χ1v) is 9.10. The van der Waals surface area contributed by atoms with E-state index in [0.29, 0.717) is 23.3 Å². The zero-order chi connectivity index (χ0) is 19.1. The van der Waals surface area contributed by atoms with Gasteiger partial charge in [-0.3, -0.25) is 9.59 Å². The van der Waals surface area contributed by atoms with E-state index in [9.17, 15) is 9.59 Å². The average Bonchev–Trinajstić information content (AvgIpc) is 2.73. The molecular formula is C21H24N2O4. The van der Waals surface area contributed by atoms with Crippen molar-refractivity contribution in [2.24, 2.45) is 0 Å². The maximum Gasteiger partial charge on any atom is 0.262 e. The maximum absolute atomic E-state index is 12.1. The zero-order valence-electron chi connectivity index (χ0n) is 15.4. The molecule has 1 fully saturated rings. The second kappa shape index (κ2) is 9.07. The van der Waals surface area contributed by atoms with Crippen LogP contribution in [0.5, 0.6) is 11.5 Å². The molecule has 3 rings (SSSR count). The molecule has 142 valence electrons. The summed E-state index contributed by atoms with van der Waals surface area (Å²) < 4.78 is 10.5. The molecule has 27 heavy (non-hydrogen) atoms. The van der Waals surface area contributed by atoms with Crippen molar-refractivity contribution in [3.8, 4) is 11.5 Å². The van der Waals surface area contributed by atoms with Crippen molar-refractivity contribution >= 4 is 23.6 Å². The molecule has 0 bridgehead atoms. The summed E-state index contributed by atoms with van der Waals surface area (Å²) in [6.45, 7) is 1.99. The van der Waals surface area contributed by atoms with Crippen molar-refractivity contribution in [2.75, 3.05) is 37.0 Å². The number of benzene rings is 2. The second-order valence-electron chi connectivity index (χ2n) is 6.45. The normalized spacial score (nSPS) is 13.7. The van der Waals surface area contributed by atoms with E-state index in [1.54, 1.807) is 18.2 Å². The van der Waals surface area contributed by atoms with Gasteiger partial charge in [-0.05, 0) is 61.7 Å². The van der Waals surface area contributed by atoms with Crippen LogP contribution in [0.25, 0.3) is 0 Å². The smallest absolute Gasteiger partial charge is 0.262 e. The first kappa shape index (κ1) is 18.8. The topological polar surface area (TPSA) is 67.9 Å². The Labute approximate surface area is 159 Å². The third-order valence-corrected chi connectivity index (χ3v) is 4.57. The van der Waals surface area contributed by atoms with E-state index < -0.39 is 0 Å². The number of methoxy groups -OCH3 is 1. The first-order valence-electron chi connectivity index (χ1n) is 9.10.